The van der Waals surface area contributed by atoms with Crippen LogP contribution in [0, 0.1) is 0 Å². The number of nitrogens with one attached hydrogen (secondary N) is 1. The summed E-state index contributed by atoms with van der Waals surface area (Å²) in [4.78, 5) is 29.0. The van der Waals surface area contributed by atoms with E-state index in [9.17, 15) is 14.7 Å². The van der Waals surface area contributed by atoms with Crippen molar-refractivity contribution in [3.63, 3.8) is 0 Å². The van der Waals surface area contributed by atoms with Gasteiger partial charge in [0.2, 0.25) is 0 Å². The highest BCUT2D eigenvalue weighted by Gasteiger charge is 2.24. The molecule has 0 radical (unpaired) electrons. The Balaban J connectivity index is 1.42. The predicted octanol–water partition coefficient (Wildman–Crippen LogP) is 6.75. The summed E-state index contributed by atoms with van der Waals surface area (Å²) in [6.45, 7) is 0.292. The second kappa shape index (κ2) is 9.72. The van der Waals surface area contributed by atoms with Gasteiger partial charge in [-0.2, -0.15) is 0 Å². The van der Waals surface area contributed by atoms with E-state index >= 15 is 0 Å². The van der Waals surface area contributed by atoms with Crippen LogP contribution in [0.5, 0.6) is 0 Å². The number of carboxylic acids is 1. The molecule has 0 unspecified atom stereocenters. The number of rotatable bonds is 6. The quantitative estimate of drug-likeness (QED) is 0.302. The summed E-state index contributed by atoms with van der Waals surface area (Å²) in [5.41, 5.74) is 3.99. The number of carbonyl (C=O) groups is 2. The number of halogens is 2. The lowest BCUT2D eigenvalue weighted by Gasteiger charge is -2.17. The van der Waals surface area contributed by atoms with Crippen molar-refractivity contribution in [3.8, 4) is 11.4 Å². The maximum atomic E-state index is 12.7. The Morgan fingerprint density at radius 3 is 2.37 bits per heavy atom. The Kier molecular flexibility index (Phi) is 6.50. The largest absolute Gasteiger partial charge is 0.478 e. The van der Waals surface area contributed by atoms with Gasteiger partial charge in [-0.15, -0.1) is 0 Å². The van der Waals surface area contributed by atoms with Gasteiger partial charge in [0.25, 0.3) is 5.91 Å². The van der Waals surface area contributed by atoms with Gasteiger partial charge in [-0.1, -0.05) is 54.2 Å². The second-order valence-electron chi connectivity index (χ2n) is 8.75. The summed E-state index contributed by atoms with van der Waals surface area (Å²) in [7, 11) is 0. The lowest BCUT2D eigenvalue weighted by atomic mass is 10.1. The molecule has 4 aromatic rings. The summed E-state index contributed by atoms with van der Waals surface area (Å²) >= 11 is 12.1. The van der Waals surface area contributed by atoms with Crippen LogP contribution in [0.1, 0.15) is 58.0 Å². The summed E-state index contributed by atoms with van der Waals surface area (Å²) < 4.78 is 2.23. The van der Waals surface area contributed by atoms with Gasteiger partial charge < -0.3 is 15.0 Å². The number of hydrogen-bond donors (Lipinski definition) is 2. The SMILES string of the molecule is O=C(O)c1ccc2c(c1)nc(-c1ccc(C(=O)NCc3ccc(Cl)cc3Cl)cc1)n2C1CCCC1. The number of imidazole rings is 1. The van der Waals surface area contributed by atoms with Crippen LogP contribution in [0.4, 0.5) is 0 Å². The van der Waals surface area contributed by atoms with E-state index in [4.69, 9.17) is 28.2 Å². The zero-order chi connectivity index (χ0) is 24.5. The zero-order valence-electron chi connectivity index (χ0n) is 18.8. The van der Waals surface area contributed by atoms with Crippen LogP contribution in [0.2, 0.25) is 10.0 Å². The van der Waals surface area contributed by atoms with E-state index in [1.54, 1.807) is 42.5 Å². The Bertz CT molecular complexity index is 1420. The Morgan fingerprint density at radius 2 is 1.69 bits per heavy atom. The van der Waals surface area contributed by atoms with Gasteiger partial charge in [0.1, 0.15) is 5.82 Å². The molecular formula is C27H23Cl2N3O3. The predicted molar refractivity (Wildman–Crippen MR) is 137 cm³/mol. The monoisotopic (exact) mass is 507 g/mol. The summed E-state index contributed by atoms with van der Waals surface area (Å²) in [5, 5.41) is 13.3. The van der Waals surface area contributed by atoms with Gasteiger partial charge in [-0.05, 0) is 60.9 Å². The number of amides is 1. The molecule has 178 valence electrons. The average molecular weight is 508 g/mol. The number of aromatic nitrogens is 2. The first-order chi connectivity index (χ1) is 16.9. The minimum atomic E-state index is -0.973. The third-order valence-electron chi connectivity index (χ3n) is 6.49. The molecule has 35 heavy (non-hydrogen) atoms. The molecule has 3 aromatic carbocycles. The first-order valence-electron chi connectivity index (χ1n) is 11.5. The summed E-state index contributed by atoms with van der Waals surface area (Å²) in [6.07, 6.45) is 4.45. The third kappa shape index (κ3) is 4.77. The molecule has 0 spiro atoms. The van der Waals surface area contributed by atoms with Crippen molar-refractivity contribution >= 4 is 46.1 Å². The topological polar surface area (TPSA) is 84.2 Å². The van der Waals surface area contributed by atoms with E-state index in [2.05, 4.69) is 9.88 Å². The Labute approximate surface area is 212 Å². The van der Waals surface area contributed by atoms with Crippen LogP contribution in [0.15, 0.2) is 60.7 Å². The second-order valence-corrected chi connectivity index (χ2v) is 9.59. The van der Waals surface area contributed by atoms with E-state index in [1.807, 2.05) is 18.2 Å². The molecule has 1 heterocycles. The highest BCUT2D eigenvalue weighted by molar-refractivity contribution is 6.35. The van der Waals surface area contributed by atoms with Crippen LogP contribution >= 0.6 is 23.2 Å². The smallest absolute Gasteiger partial charge is 0.335 e. The van der Waals surface area contributed by atoms with E-state index in [0.717, 1.165) is 48.2 Å². The molecule has 0 atom stereocenters. The molecule has 6 nitrogen and oxygen atoms in total. The number of fused-ring (bicyclic) bond motifs is 1. The normalized spacial score (nSPS) is 13.9. The average Bonchev–Trinajstić information content (AvgIpc) is 3.50. The fourth-order valence-corrected chi connectivity index (χ4v) is 5.16. The van der Waals surface area contributed by atoms with Crippen LogP contribution < -0.4 is 5.32 Å². The number of aromatic carboxylic acids is 1. The van der Waals surface area contributed by atoms with Crippen molar-refractivity contribution in [2.24, 2.45) is 0 Å². The molecule has 1 aliphatic rings. The standard InChI is InChI=1S/C27H23Cl2N3O3/c28-20-11-9-19(22(29)14-20)15-30-26(33)17-7-5-16(6-8-17)25-31-23-13-18(27(34)35)10-12-24(23)32(25)21-3-1-2-4-21/h5-14,21H,1-4,15H2,(H,30,33)(H,34,35). The molecule has 1 aromatic heterocycles. The molecule has 1 fully saturated rings. The van der Waals surface area contributed by atoms with Gasteiger partial charge in [-0.25, -0.2) is 9.78 Å². The maximum absolute atomic E-state index is 12.7. The van der Waals surface area contributed by atoms with E-state index in [1.165, 1.54) is 0 Å². The molecule has 0 bridgehead atoms. The molecule has 1 amide bonds. The maximum Gasteiger partial charge on any atom is 0.335 e. The number of hydrogen-bond acceptors (Lipinski definition) is 3. The number of carboxylic acid groups (broad SMARTS) is 1. The van der Waals surface area contributed by atoms with Crippen LogP contribution in [0.3, 0.4) is 0 Å². The Hall–Kier alpha value is -3.35. The van der Waals surface area contributed by atoms with Crippen molar-refractivity contribution in [2.75, 3.05) is 0 Å². The number of nitrogens with zero attached hydrogens (tertiary/aromatic N) is 2. The number of benzene rings is 3. The van der Waals surface area contributed by atoms with Gasteiger partial charge >= 0.3 is 5.97 Å². The van der Waals surface area contributed by atoms with Crippen molar-refractivity contribution in [2.45, 2.75) is 38.3 Å². The van der Waals surface area contributed by atoms with Crippen molar-refractivity contribution in [1.29, 1.82) is 0 Å². The van der Waals surface area contributed by atoms with Crippen molar-refractivity contribution in [1.82, 2.24) is 14.9 Å². The first-order valence-corrected chi connectivity index (χ1v) is 12.2. The van der Waals surface area contributed by atoms with Gasteiger partial charge in [0, 0.05) is 33.8 Å². The molecule has 0 saturated heterocycles. The lowest BCUT2D eigenvalue weighted by Crippen LogP contribution is -2.22. The zero-order valence-corrected chi connectivity index (χ0v) is 20.3. The molecule has 0 aliphatic heterocycles. The number of carbonyl (C=O) groups excluding carboxylic acids is 1. The van der Waals surface area contributed by atoms with Gasteiger partial charge in [-0.3, -0.25) is 4.79 Å². The molecular weight excluding hydrogens is 485 g/mol. The molecule has 8 heteroatoms. The summed E-state index contributed by atoms with van der Waals surface area (Å²) in [6, 6.07) is 17.9. The van der Waals surface area contributed by atoms with Crippen molar-refractivity contribution in [3.05, 3.63) is 87.4 Å². The fourth-order valence-electron chi connectivity index (χ4n) is 4.68. The third-order valence-corrected chi connectivity index (χ3v) is 7.07. The van der Waals surface area contributed by atoms with Crippen LogP contribution in [0.25, 0.3) is 22.4 Å². The molecule has 5 rings (SSSR count). The summed E-state index contributed by atoms with van der Waals surface area (Å²) in [5.74, 6) is -0.397. The highest BCUT2D eigenvalue weighted by atomic mass is 35.5. The van der Waals surface area contributed by atoms with E-state index in [-0.39, 0.29) is 11.5 Å². The van der Waals surface area contributed by atoms with Gasteiger partial charge in [0.15, 0.2) is 0 Å². The van der Waals surface area contributed by atoms with Crippen molar-refractivity contribution < 1.29 is 14.7 Å². The molecule has 2 N–H and O–H groups in total. The van der Waals surface area contributed by atoms with E-state index in [0.29, 0.717) is 33.7 Å². The Morgan fingerprint density at radius 1 is 0.971 bits per heavy atom. The molecule has 1 aliphatic carbocycles. The van der Waals surface area contributed by atoms with E-state index < -0.39 is 5.97 Å². The molecule has 1 saturated carbocycles. The van der Waals surface area contributed by atoms with Crippen LogP contribution in [-0.4, -0.2) is 26.5 Å². The van der Waals surface area contributed by atoms with Gasteiger partial charge in [0.05, 0.1) is 16.6 Å². The minimum absolute atomic E-state index is 0.210. The highest BCUT2D eigenvalue weighted by Crippen LogP contribution is 2.37. The first kappa shape index (κ1) is 23.4. The van der Waals surface area contributed by atoms with Crippen LogP contribution in [-0.2, 0) is 6.54 Å². The minimum Gasteiger partial charge on any atom is -0.478 e. The lowest BCUT2D eigenvalue weighted by molar-refractivity contribution is 0.0696. The fraction of sp³-hybridized carbons (Fsp3) is 0.222.